The Morgan fingerprint density at radius 3 is 1.41 bits per heavy atom. The van der Waals surface area contributed by atoms with Gasteiger partial charge in [0.1, 0.15) is 11.7 Å². The predicted octanol–water partition coefficient (Wildman–Crippen LogP) is 3.16. The molecule has 3 unspecified atom stereocenters. The zero-order chi connectivity index (χ0) is 25.7. The number of aliphatic hydroxyl groups excluding tert-OH is 1. The summed E-state index contributed by atoms with van der Waals surface area (Å²) < 4.78 is 21.5. The quantitative estimate of drug-likeness (QED) is 0.488. The van der Waals surface area contributed by atoms with E-state index in [0.717, 1.165) is 7.11 Å². The van der Waals surface area contributed by atoms with Crippen molar-refractivity contribution >= 4 is 11.9 Å². The molecule has 0 bridgehead atoms. The largest absolute Gasteiger partial charge is 0.455 e. The van der Waals surface area contributed by atoms with Gasteiger partial charge in [0, 0.05) is 29.1 Å². The van der Waals surface area contributed by atoms with E-state index in [9.17, 15) is 14.7 Å². The lowest BCUT2D eigenvalue weighted by molar-refractivity contribution is -0.215. The van der Waals surface area contributed by atoms with Gasteiger partial charge in [-0.05, 0) is 34.6 Å². The van der Waals surface area contributed by atoms with Gasteiger partial charge in [-0.2, -0.15) is 0 Å². The summed E-state index contributed by atoms with van der Waals surface area (Å²) in [5, 5.41) is 16.9. The smallest absolute Gasteiger partial charge is 0.333 e. The number of rotatable bonds is 4. The standard InChI is InChI=1S/C12H20O3.C11H18O4.CH4O/c1-8(2)9(13)15-10-11(3,4)7-14-12(10,5)6;1-7(2)8(12)15-9-10(3,4)6-14-11(9,5)13;1-2/h10H,1,7H2,2-6H3;9,13H,1,6H2,2-5H3;2H,1H3. The summed E-state index contributed by atoms with van der Waals surface area (Å²) >= 11 is 0. The third-order valence-electron chi connectivity index (χ3n) is 5.24. The van der Waals surface area contributed by atoms with Crippen LogP contribution in [-0.2, 0) is 28.5 Å². The van der Waals surface area contributed by atoms with Crippen molar-refractivity contribution in [3.8, 4) is 0 Å². The summed E-state index contributed by atoms with van der Waals surface area (Å²) in [6.45, 7) is 24.5. The second kappa shape index (κ2) is 10.9. The summed E-state index contributed by atoms with van der Waals surface area (Å²) in [5.41, 5.74) is -0.223. The molecule has 2 saturated heterocycles. The summed E-state index contributed by atoms with van der Waals surface area (Å²) in [5.74, 6) is -2.26. The van der Waals surface area contributed by atoms with Crippen LogP contribution in [0.1, 0.15) is 62.3 Å². The highest BCUT2D eigenvalue weighted by atomic mass is 16.7. The van der Waals surface area contributed by atoms with Crippen molar-refractivity contribution in [2.75, 3.05) is 20.3 Å². The molecule has 0 saturated carbocycles. The molecule has 0 radical (unpaired) electrons. The Labute approximate surface area is 192 Å². The number of hydrogen-bond acceptors (Lipinski definition) is 8. The van der Waals surface area contributed by atoms with Gasteiger partial charge in [-0.15, -0.1) is 0 Å². The SMILES string of the molecule is C=C(C)C(=O)OC1C(C)(C)COC1(C)C.C=C(C)C(=O)OC1C(C)(C)COC1(C)O.CO. The molecule has 2 rings (SSSR count). The normalized spacial score (nSPS) is 28.9. The van der Waals surface area contributed by atoms with Gasteiger partial charge in [0.25, 0.3) is 0 Å². The highest BCUT2D eigenvalue weighted by Gasteiger charge is 2.53. The van der Waals surface area contributed by atoms with Gasteiger partial charge >= 0.3 is 11.9 Å². The number of ether oxygens (including phenoxy) is 4. The maximum atomic E-state index is 11.5. The van der Waals surface area contributed by atoms with Crippen LogP contribution < -0.4 is 0 Å². The molecule has 186 valence electrons. The van der Waals surface area contributed by atoms with E-state index in [1.165, 1.54) is 6.92 Å². The second-order valence-corrected chi connectivity index (χ2v) is 10.3. The molecule has 2 N–H and O–H groups in total. The first-order chi connectivity index (χ1) is 14.3. The van der Waals surface area contributed by atoms with Crippen molar-refractivity contribution in [2.24, 2.45) is 10.8 Å². The maximum Gasteiger partial charge on any atom is 0.333 e. The van der Waals surface area contributed by atoms with Gasteiger partial charge in [0.05, 0.1) is 13.2 Å². The molecule has 2 heterocycles. The molecule has 8 nitrogen and oxygen atoms in total. The molecule has 0 spiro atoms. The van der Waals surface area contributed by atoms with Crippen molar-refractivity contribution in [1.82, 2.24) is 0 Å². The minimum absolute atomic E-state index is 0.144. The third kappa shape index (κ3) is 7.69. The van der Waals surface area contributed by atoms with Gasteiger partial charge in [-0.1, -0.05) is 40.9 Å². The maximum absolute atomic E-state index is 11.5. The van der Waals surface area contributed by atoms with Crippen LogP contribution in [0, 0.1) is 10.8 Å². The van der Waals surface area contributed by atoms with E-state index in [1.807, 2.05) is 41.5 Å². The second-order valence-electron chi connectivity index (χ2n) is 10.3. The third-order valence-corrected chi connectivity index (χ3v) is 5.24. The Morgan fingerprint density at radius 1 is 0.781 bits per heavy atom. The first-order valence-electron chi connectivity index (χ1n) is 10.5. The predicted molar refractivity (Wildman–Crippen MR) is 122 cm³/mol. The highest BCUT2D eigenvalue weighted by molar-refractivity contribution is 5.87. The molecule has 0 amide bonds. The fraction of sp³-hybridized carbons (Fsp3) is 0.750. The van der Waals surface area contributed by atoms with Crippen molar-refractivity contribution in [2.45, 2.75) is 85.9 Å². The molecular formula is C24H42O8. The Bertz CT molecular complexity index is 611. The molecule has 0 aromatic rings. The van der Waals surface area contributed by atoms with Crippen LogP contribution in [0.2, 0.25) is 0 Å². The summed E-state index contributed by atoms with van der Waals surface area (Å²) in [6.07, 6.45) is -0.900. The lowest BCUT2D eigenvalue weighted by atomic mass is 9.82. The van der Waals surface area contributed by atoms with E-state index in [-0.39, 0.29) is 17.5 Å². The molecule has 0 aromatic heterocycles. The van der Waals surface area contributed by atoms with Gasteiger partial charge in [-0.25, -0.2) is 9.59 Å². The van der Waals surface area contributed by atoms with E-state index >= 15 is 0 Å². The number of hydrogen-bond donors (Lipinski definition) is 2. The topological polar surface area (TPSA) is 112 Å². The molecular weight excluding hydrogens is 416 g/mol. The van der Waals surface area contributed by atoms with Gasteiger partial charge in [0.15, 0.2) is 6.10 Å². The first kappa shape index (κ1) is 30.3. The molecule has 2 aliphatic heterocycles. The van der Waals surface area contributed by atoms with Crippen molar-refractivity contribution in [3.05, 3.63) is 24.3 Å². The summed E-state index contributed by atoms with van der Waals surface area (Å²) in [7, 11) is 1.00. The average Bonchev–Trinajstić information content (AvgIpc) is 3.01. The molecule has 0 aliphatic carbocycles. The minimum Gasteiger partial charge on any atom is -0.455 e. The average molecular weight is 459 g/mol. The van der Waals surface area contributed by atoms with Crippen LogP contribution >= 0.6 is 0 Å². The Hall–Kier alpha value is -1.74. The Balaban J connectivity index is 0.000000557. The van der Waals surface area contributed by atoms with Crippen LogP contribution in [0.25, 0.3) is 0 Å². The number of esters is 2. The van der Waals surface area contributed by atoms with E-state index in [2.05, 4.69) is 13.2 Å². The van der Waals surface area contributed by atoms with Crippen LogP contribution in [0.15, 0.2) is 24.3 Å². The Morgan fingerprint density at radius 2 is 1.12 bits per heavy atom. The zero-order valence-electron chi connectivity index (χ0n) is 21.3. The molecule has 2 fully saturated rings. The molecule has 32 heavy (non-hydrogen) atoms. The van der Waals surface area contributed by atoms with Crippen molar-refractivity contribution in [3.63, 3.8) is 0 Å². The first-order valence-corrected chi connectivity index (χ1v) is 10.5. The summed E-state index contributed by atoms with van der Waals surface area (Å²) in [4.78, 5) is 22.9. The Kier molecular flexibility index (Phi) is 10.3. The fourth-order valence-corrected chi connectivity index (χ4v) is 3.66. The van der Waals surface area contributed by atoms with Crippen LogP contribution in [0.5, 0.6) is 0 Å². The number of aliphatic hydroxyl groups is 2. The number of carbonyl (C=O) groups excluding carboxylic acids is 2. The fourth-order valence-electron chi connectivity index (χ4n) is 3.66. The number of carbonyl (C=O) groups is 2. The van der Waals surface area contributed by atoms with E-state index < -0.39 is 28.9 Å². The zero-order valence-corrected chi connectivity index (χ0v) is 21.3. The van der Waals surface area contributed by atoms with Crippen molar-refractivity contribution in [1.29, 1.82) is 0 Å². The molecule has 3 atom stereocenters. The summed E-state index contributed by atoms with van der Waals surface area (Å²) in [6, 6.07) is 0. The van der Waals surface area contributed by atoms with Gasteiger partial charge in [0.2, 0.25) is 5.79 Å². The molecule has 8 heteroatoms. The van der Waals surface area contributed by atoms with Crippen LogP contribution in [-0.4, -0.2) is 66.1 Å². The lowest BCUT2D eigenvalue weighted by Crippen LogP contribution is -2.45. The minimum atomic E-state index is -1.42. The van der Waals surface area contributed by atoms with E-state index in [1.54, 1.807) is 13.8 Å². The molecule has 2 aliphatic rings. The van der Waals surface area contributed by atoms with Crippen LogP contribution in [0.4, 0.5) is 0 Å². The van der Waals surface area contributed by atoms with Gasteiger partial charge in [-0.3, -0.25) is 0 Å². The van der Waals surface area contributed by atoms with Gasteiger partial charge < -0.3 is 29.2 Å². The monoisotopic (exact) mass is 458 g/mol. The highest BCUT2D eigenvalue weighted by Crippen LogP contribution is 2.41. The van der Waals surface area contributed by atoms with Crippen molar-refractivity contribution < 1.29 is 38.7 Å². The van der Waals surface area contributed by atoms with Crippen LogP contribution in [0.3, 0.4) is 0 Å². The molecule has 0 aromatic carbocycles. The van der Waals surface area contributed by atoms with E-state index in [4.69, 9.17) is 24.1 Å². The van der Waals surface area contributed by atoms with E-state index in [0.29, 0.717) is 24.4 Å². The lowest BCUT2D eigenvalue weighted by Gasteiger charge is -2.32.